The van der Waals surface area contributed by atoms with E-state index in [0.29, 0.717) is 6.04 Å². The van der Waals surface area contributed by atoms with Crippen molar-refractivity contribution < 1.29 is 4.79 Å². The minimum Gasteiger partial charge on any atom is -0.387 e. The fourth-order valence-electron chi connectivity index (χ4n) is 3.73. The van der Waals surface area contributed by atoms with Gasteiger partial charge >= 0.3 is 0 Å². The molecule has 0 aromatic heterocycles. The number of aryl methyl sites for hydroxylation is 1. The molecule has 19 heavy (non-hydrogen) atoms. The summed E-state index contributed by atoms with van der Waals surface area (Å²) in [6.07, 6.45) is 5.15. The molecule has 2 bridgehead atoms. The van der Waals surface area contributed by atoms with E-state index in [0.717, 1.165) is 28.7 Å². The molecule has 2 aliphatic carbocycles. The minimum absolute atomic E-state index is 0.0746. The largest absolute Gasteiger partial charge is 0.387 e. The molecule has 2 N–H and O–H groups in total. The number of hydrogen-bond donors (Lipinski definition) is 2. The molecule has 0 saturated heterocycles. The highest BCUT2D eigenvalue weighted by atomic mass is 16.1. The summed E-state index contributed by atoms with van der Waals surface area (Å²) in [5.41, 5.74) is 2.80. The Kier molecular flexibility index (Phi) is 3.21. The summed E-state index contributed by atoms with van der Waals surface area (Å²) in [7, 11) is 1.86. The number of rotatable bonds is 3. The maximum absolute atomic E-state index is 12.5. The van der Waals surface area contributed by atoms with Crippen LogP contribution >= 0.6 is 0 Å². The lowest BCUT2D eigenvalue weighted by molar-refractivity contribution is 0.0923. The van der Waals surface area contributed by atoms with Gasteiger partial charge in [0.1, 0.15) is 0 Å². The van der Waals surface area contributed by atoms with Crippen LogP contribution in [0.1, 0.15) is 41.6 Å². The molecule has 2 fully saturated rings. The second kappa shape index (κ2) is 4.87. The molecule has 2 saturated carbocycles. The maximum Gasteiger partial charge on any atom is 0.253 e. The molecule has 0 heterocycles. The molecule has 1 aromatic carbocycles. The van der Waals surface area contributed by atoms with Crippen molar-refractivity contribution in [2.24, 2.45) is 11.8 Å². The van der Waals surface area contributed by atoms with E-state index in [1.807, 2.05) is 32.2 Å². The number of nitrogens with one attached hydrogen (secondary N) is 2. The number of hydrogen-bond acceptors (Lipinski definition) is 2. The second-order valence-electron chi connectivity index (χ2n) is 6.05. The summed E-state index contributed by atoms with van der Waals surface area (Å²) in [6.45, 7) is 2.02. The van der Waals surface area contributed by atoms with Crippen molar-refractivity contribution in [1.82, 2.24) is 5.32 Å². The molecule has 3 atom stereocenters. The van der Waals surface area contributed by atoms with Crippen LogP contribution in [0.2, 0.25) is 0 Å². The van der Waals surface area contributed by atoms with Gasteiger partial charge < -0.3 is 10.6 Å². The van der Waals surface area contributed by atoms with Crippen LogP contribution in [0.4, 0.5) is 5.69 Å². The third-order valence-corrected chi connectivity index (χ3v) is 4.74. The van der Waals surface area contributed by atoms with E-state index >= 15 is 0 Å². The van der Waals surface area contributed by atoms with Crippen molar-refractivity contribution in [1.29, 1.82) is 0 Å². The number of anilines is 1. The summed E-state index contributed by atoms with van der Waals surface area (Å²) >= 11 is 0. The van der Waals surface area contributed by atoms with Crippen LogP contribution < -0.4 is 10.6 Å². The molecule has 3 unspecified atom stereocenters. The first-order valence-electron chi connectivity index (χ1n) is 7.26. The molecule has 102 valence electrons. The van der Waals surface area contributed by atoms with Crippen LogP contribution in [0.15, 0.2) is 18.2 Å². The smallest absolute Gasteiger partial charge is 0.253 e. The fourth-order valence-corrected chi connectivity index (χ4v) is 3.73. The van der Waals surface area contributed by atoms with Gasteiger partial charge in [-0.3, -0.25) is 4.79 Å². The van der Waals surface area contributed by atoms with Crippen LogP contribution in [0.5, 0.6) is 0 Å². The predicted octanol–water partition coefficient (Wildman–Crippen LogP) is 2.96. The highest BCUT2D eigenvalue weighted by molar-refractivity contribution is 6.00. The standard InChI is InChI=1S/C16H22N2O/c1-10-3-6-14(17-2)13(7-10)16(19)18-15-9-11-4-5-12(15)8-11/h3,6-7,11-12,15,17H,4-5,8-9H2,1-2H3,(H,18,19). The summed E-state index contributed by atoms with van der Waals surface area (Å²) in [4.78, 5) is 12.5. The van der Waals surface area contributed by atoms with Crippen molar-refractivity contribution in [3.05, 3.63) is 29.3 Å². The predicted molar refractivity (Wildman–Crippen MR) is 77.4 cm³/mol. The zero-order valence-corrected chi connectivity index (χ0v) is 11.7. The Morgan fingerprint density at radius 2 is 2.11 bits per heavy atom. The van der Waals surface area contributed by atoms with Gasteiger partial charge in [0.25, 0.3) is 5.91 Å². The molecule has 1 amide bonds. The van der Waals surface area contributed by atoms with E-state index in [-0.39, 0.29) is 5.91 Å². The Morgan fingerprint density at radius 1 is 1.26 bits per heavy atom. The molecule has 0 spiro atoms. The van der Waals surface area contributed by atoms with Gasteiger partial charge in [-0.15, -0.1) is 0 Å². The molecular formula is C16H22N2O. The Morgan fingerprint density at radius 3 is 2.74 bits per heavy atom. The van der Waals surface area contributed by atoms with E-state index in [9.17, 15) is 4.79 Å². The number of benzene rings is 1. The van der Waals surface area contributed by atoms with Gasteiger partial charge in [-0.05, 0) is 50.2 Å². The lowest BCUT2D eigenvalue weighted by Crippen LogP contribution is -2.38. The monoisotopic (exact) mass is 258 g/mol. The van der Waals surface area contributed by atoms with Crippen molar-refractivity contribution in [3.8, 4) is 0 Å². The van der Waals surface area contributed by atoms with E-state index in [4.69, 9.17) is 0 Å². The lowest BCUT2D eigenvalue weighted by Gasteiger charge is -2.23. The van der Waals surface area contributed by atoms with Crippen LogP contribution in [0, 0.1) is 18.8 Å². The number of carbonyl (C=O) groups excluding carboxylic acids is 1. The molecule has 3 heteroatoms. The maximum atomic E-state index is 12.5. The van der Waals surface area contributed by atoms with Crippen LogP contribution in [-0.2, 0) is 0 Å². The summed E-state index contributed by atoms with van der Waals surface area (Å²) in [5.74, 6) is 1.65. The second-order valence-corrected chi connectivity index (χ2v) is 6.05. The van der Waals surface area contributed by atoms with E-state index in [1.165, 1.54) is 25.7 Å². The number of amides is 1. The SMILES string of the molecule is CNc1ccc(C)cc1C(=O)NC1CC2CCC1C2. The molecule has 3 rings (SSSR count). The van der Waals surface area contributed by atoms with Gasteiger partial charge in [0.05, 0.1) is 5.56 Å². The van der Waals surface area contributed by atoms with Crippen LogP contribution in [0.25, 0.3) is 0 Å². The van der Waals surface area contributed by atoms with Crippen molar-refractivity contribution in [2.45, 2.75) is 38.6 Å². The third-order valence-electron chi connectivity index (χ3n) is 4.74. The molecular weight excluding hydrogens is 236 g/mol. The average Bonchev–Trinajstić information content (AvgIpc) is 3.01. The molecule has 1 aromatic rings. The normalized spacial score (nSPS) is 28.4. The van der Waals surface area contributed by atoms with Gasteiger partial charge in [0, 0.05) is 18.8 Å². The molecule has 0 radical (unpaired) electrons. The first kappa shape index (κ1) is 12.5. The van der Waals surface area contributed by atoms with Crippen LogP contribution in [-0.4, -0.2) is 19.0 Å². The summed E-state index contributed by atoms with van der Waals surface area (Å²) in [5, 5.41) is 6.35. The number of fused-ring (bicyclic) bond motifs is 2. The average molecular weight is 258 g/mol. The Hall–Kier alpha value is -1.51. The summed E-state index contributed by atoms with van der Waals surface area (Å²) in [6, 6.07) is 6.37. The van der Waals surface area contributed by atoms with Gasteiger partial charge in [-0.2, -0.15) is 0 Å². The van der Waals surface area contributed by atoms with Crippen LogP contribution in [0.3, 0.4) is 0 Å². The number of carbonyl (C=O) groups is 1. The zero-order chi connectivity index (χ0) is 13.4. The van der Waals surface area contributed by atoms with E-state index < -0.39 is 0 Å². The topological polar surface area (TPSA) is 41.1 Å². The highest BCUT2D eigenvalue weighted by Gasteiger charge is 2.40. The van der Waals surface area contributed by atoms with Gasteiger partial charge in [0.15, 0.2) is 0 Å². The first-order chi connectivity index (χ1) is 9.17. The van der Waals surface area contributed by atoms with E-state index in [1.54, 1.807) is 0 Å². The Balaban J connectivity index is 1.75. The molecule has 2 aliphatic rings. The van der Waals surface area contributed by atoms with Crippen molar-refractivity contribution in [3.63, 3.8) is 0 Å². The minimum atomic E-state index is 0.0746. The van der Waals surface area contributed by atoms with Gasteiger partial charge in [0.2, 0.25) is 0 Å². The van der Waals surface area contributed by atoms with Crippen molar-refractivity contribution >= 4 is 11.6 Å². The van der Waals surface area contributed by atoms with Gasteiger partial charge in [-0.25, -0.2) is 0 Å². The van der Waals surface area contributed by atoms with Gasteiger partial charge in [-0.1, -0.05) is 18.1 Å². The molecule has 0 aliphatic heterocycles. The Labute approximate surface area is 114 Å². The lowest BCUT2D eigenvalue weighted by atomic mass is 9.95. The Bertz CT molecular complexity index is 498. The van der Waals surface area contributed by atoms with Crippen molar-refractivity contribution in [2.75, 3.05) is 12.4 Å². The fraction of sp³-hybridized carbons (Fsp3) is 0.562. The first-order valence-corrected chi connectivity index (χ1v) is 7.26. The zero-order valence-electron chi connectivity index (χ0n) is 11.7. The summed E-state index contributed by atoms with van der Waals surface area (Å²) < 4.78 is 0. The highest BCUT2D eigenvalue weighted by Crippen LogP contribution is 2.44. The van der Waals surface area contributed by atoms with E-state index in [2.05, 4.69) is 10.6 Å². The molecule has 3 nitrogen and oxygen atoms in total. The third kappa shape index (κ3) is 2.34. The quantitative estimate of drug-likeness (QED) is 0.875.